The number of hydrogen-bond acceptors (Lipinski definition) is 10. The second-order valence-electron chi connectivity index (χ2n) is 5.82. The fourth-order valence-electron chi connectivity index (χ4n) is 2.51. The lowest BCUT2D eigenvalue weighted by Gasteiger charge is -2.40. The van der Waals surface area contributed by atoms with Gasteiger partial charge in [0.2, 0.25) is 0 Å². The van der Waals surface area contributed by atoms with E-state index in [1.54, 1.807) is 0 Å². The Morgan fingerprint density at radius 3 is 1.91 bits per heavy atom. The van der Waals surface area contributed by atoms with Crippen molar-refractivity contribution in [3.8, 4) is 0 Å². The zero-order chi connectivity index (χ0) is 17.7. The predicted molar refractivity (Wildman–Crippen MR) is 74.1 cm³/mol. The molecule has 1 saturated carbocycles. The molecular formula is C13H26O10. The van der Waals surface area contributed by atoms with E-state index in [2.05, 4.69) is 0 Å². The van der Waals surface area contributed by atoms with Crippen molar-refractivity contribution < 1.29 is 50.7 Å². The van der Waals surface area contributed by atoms with Crippen molar-refractivity contribution in [1.82, 2.24) is 0 Å². The van der Waals surface area contributed by atoms with Crippen molar-refractivity contribution in [2.24, 2.45) is 5.92 Å². The highest BCUT2D eigenvalue weighted by atomic mass is 16.5. The van der Waals surface area contributed by atoms with E-state index in [1.807, 2.05) is 0 Å². The second-order valence-corrected chi connectivity index (χ2v) is 5.82. The van der Waals surface area contributed by atoms with Gasteiger partial charge in [0.1, 0.15) is 36.6 Å². The van der Waals surface area contributed by atoms with Crippen LogP contribution in [0.2, 0.25) is 0 Å². The highest BCUT2D eigenvalue weighted by Gasteiger charge is 2.43. The standard InChI is InChI=1S/C13H26O10/c14-2-5-1-8(12(21)13(22)9(5)18)23-4-7(17)11(20)10(19)6(16)3-15/h5-22H,1-4H2/t5-,6-,7-,8?,9-,10-,11-,12+,13+/m1/s1. The van der Waals surface area contributed by atoms with Gasteiger partial charge in [0.05, 0.1) is 25.4 Å². The Kier molecular flexibility index (Phi) is 8.24. The molecule has 1 unspecified atom stereocenters. The zero-order valence-electron chi connectivity index (χ0n) is 12.5. The third kappa shape index (κ3) is 5.03. The van der Waals surface area contributed by atoms with Crippen LogP contribution in [0, 0.1) is 5.92 Å². The van der Waals surface area contributed by atoms with Gasteiger partial charge in [0.15, 0.2) is 0 Å². The summed E-state index contributed by atoms with van der Waals surface area (Å²) in [6.45, 7) is -1.79. The van der Waals surface area contributed by atoms with E-state index in [0.717, 1.165) is 0 Å². The molecule has 0 spiro atoms. The quantitative estimate of drug-likeness (QED) is 0.206. The molecule has 9 atom stereocenters. The van der Waals surface area contributed by atoms with Crippen LogP contribution in [-0.2, 0) is 4.74 Å². The molecule has 9 N–H and O–H groups in total. The van der Waals surface area contributed by atoms with Crippen LogP contribution in [0.1, 0.15) is 6.42 Å². The fraction of sp³-hybridized carbons (Fsp3) is 1.00. The molecule has 10 nitrogen and oxygen atoms in total. The molecule has 23 heavy (non-hydrogen) atoms. The van der Waals surface area contributed by atoms with Crippen LogP contribution in [0.4, 0.5) is 0 Å². The Morgan fingerprint density at radius 2 is 1.39 bits per heavy atom. The Hall–Kier alpha value is -0.400. The molecule has 0 radical (unpaired) electrons. The summed E-state index contributed by atoms with van der Waals surface area (Å²) in [6.07, 6.45) is -12.2. The van der Waals surface area contributed by atoms with Crippen LogP contribution in [-0.4, -0.2) is 115 Å². The van der Waals surface area contributed by atoms with Crippen molar-refractivity contribution in [3.63, 3.8) is 0 Å². The molecule has 0 aliphatic heterocycles. The maximum atomic E-state index is 9.82. The molecule has 0 aromatic rings. The lowest BCUT2D eigenvalue weighted by molar-refractivity contribution is -0.193. The number of aliphatic hydroxyl groups is 9. The average Bonchev–Trinajstić information content (AvgIpc) is 2.56. The van der Waals surface area contributed by atoms with Gasteiger partial charge in [-0.2, -0.15) is 0 Å². The van der Waals surface area contributed by atoms with E-state index in [0.29, 0.717) is 0 Å². The summed E-state index contributed by atoms with van der Waals surface area (Å²) in [5.41, 5.74) is 0. The summed E-state index contributed by atoms with van der Waals surface area (Å²) in [4.78, 5) is 0. The molecule has 0 saturated heterocycles. The summed E-state index contributed by atoms with van der Waals surface area (Å²) < 4.78 is 5.20. The first-order valence-corrected chi connectivity index (χ1v) is 7.34. The summed E-state index contributed by atoms with van der Waals surface area (Å²) >= 11 is 0. The van der Waals surface area contributed by atoms with E-state index in [4.69, 9.17) is 14.9 Å². The molecular weight excluding hydrogens is 316 g/mol. The van der Waals surface area contributed by atoms with Crippen molar-refractivity contribution in [2.45, 2.75) is 55.3 Å². The minimum Gasteiger partial charge on any atom is -0.396 e. The van der Waals surface area contributed by atoms with E-state index >= 15 is 0 Å². The van der Waals surface area contributed by atoms with Gasteiger partial charge < -0.3 is 50.7 Å². The highest BCUT2D eigenvalue weighted by molar-refractivity contribution is 4.93. The maximum absolute atomic E-state index is 9.82. The van der Waals surface area contributed by atoms with E-state index in [-0.39, 0.29) is 6.42 Å². The molecule has 138 valence electrons. The highest BCUT2D eigenvalue weighted by Crippen LogP contribution is 2.27. The summed E-state index contributed by atoms with van der Waals surface area (Å²) in [5, 5.41) is 85.0. The molecule has 0 aromatic heterocycles. The first-order chi connectivity index (χ1) is 10.7. The number of ether oxygens (including phenoxy) is 1. The zero-order valence-corrected chi connectivity index (χ0v) is 12.5. The van der Waals surface area contributed by atoms with Gasteiger partial charge in [-0.3, -0.25) is 0 Å². The van der Waals surface area contributed by atoms with E-state index in [1.165, 1.54) is 0 Å². The first-order valence-electron chi connectivity index (χ1n) is 7.34. The Bertz CT molecular complexity index is 341. The van der Waals surface area contributed by atoms with Gasteiger partial charge in [-0.15, -0.1) is 0 Å². The molecule has 0 bridgehead atoms. The largest absolute Gasteiger partial charge is 0.396 e. The average molecular weight is 342 g/mol. The smallest absolute Gasteiger partial charge is 0.111 e. The molecule has 1 aliphatic carbocycles. The lowest BCUT2D eigenvalue weighted by atomic mass is 9.81. The minimum atomic E-state index is -1.80. The van der Waals surface area contributed by atoms with Gasteiger partial charge in [0, 0.05) is 12.5 Å². The summed E-state index contributed by atoms with van der Waals surface area (Å²) in [7, 11) is 0. The minimum absolute atomic E-state index is 0.0144. The molecule has 0 aromatic carbocycles. The van der Waals surface area contributed by atoms with Crippen LogP contribution in [0.25, 0.3) is 0 Å². The summed E-state index contributed by atoms with van der Waals surface area (Å²) in [5.74, 6) is -0.720. The number of hydrogen-bond donors (Lipinski definition) is 9. The second kappa shape index (κ2) is 9.18. The number of rotatable bonds is 8. The van der Waals surface area contributed by atoms with E-state index in [9.17, 15) is 35.7 Å². The van der Waals surface area contributed by atoms with Crippen LogP contribution in [0.3, 0.4) is 0 Å². The Morgan fingerprint density at radius 1 is 0.826 bits per heavy atom. The van der Waals surface area contributed by atoms with Gasteiger partial charge in [-0.25, -0.2) is 0 Å². The van der Waals surface area contributed by atoms with Gasteiger partial charge in [0.25, 0.3) is 0 Å². The molecule has 1 aliphatic rings. The topological polar surface area (TPSA) is 191 Å². The van der Waals surface area contributed by atoms with Crippen LogP contribution < -0.4 is 0 Å². The summed E-state index contributed by atoms with van der Waals surface area (Å²) in [6, 6.07) is 0. The van der Waals surface area contributed by atoms with Crippen LogP contribution in [0.15, 0.2) is 0 Å². The van der Waals surface area contributed by atoms with Gasteiger partial charge in [-0.1, -0.05) is 0 Å². The van der Waals surface area contributed by atoms with Crippen LogP contribution in [0.5, 0.6) is 0 Å². The first kappa shape index (κ1) is 20.6. The molecule has 10 heteroatoms. The van der Waals surface area contributed by atoms with Crippen molar-refractivity contribution in [3.05, 3.63) is 0 Å². The maximum Gasteiger partial charge on any atom is 0.111 e. The molecule has 1 rings (SSSR count). The third-order valence-corrected chi connectivity index (χ3v) is 4.14. The van der Waals surface area contributed by atoms with Crippen molar-refractivity contribution >= 4 is 0 Å². The van der Waals surface area contributed by atoms with Crippen molar-refractivity contribution in [1.29, 1.82) is 0 Å². The van der Waals surface area contributed by atoms with E-state index < -0.39 is 74.6 Å². The Balaban J connectivity index is 2.55. The fourth-order valence-corrected chi connectivity index (χ4v) is 2.51. The van der Waals surface area contributed by atoms with Gasteiger partial charge >= 0.3 is 0 Å². The monoisotopic (exact) mass is 342 g/mol. The van der Waals surface area contributed by atoms with Crippen molar-refractivity contribution in [2.75, 3.05) is 19.8 Å². The Labute approximate surface area is 132 Å². The number of aliphatic hydroxyl groups excluding tert-OH is 9. The SMILES string of the molecule is OC[C@H]1CC(OC[C@@H](O)[C@@H](O)[C@H](O)[C@H](O)CO)[C@H](O)[C@@H](O)[C@@H]1O. The van der Waals surface area contributed by atoms with Gasteiger partial charge in [-0.05, 0) is 6.42 Å². The predicted octanol–water partition coefficient (Wildman–Crippen LogP) is -5.10. The lowest BCUT2D eigenvalue weighted by Crippen LogP contribution is -2.56. The molecule has 0 heterocycles. The third-order valence-electron chi connectivity index (χ3n) is 4.14. The molecule has 1 fully saturated rings. The molecule has 0 amide bonds. The van der Waals surface area contributed by atoms with Crippen LogP contribution >= 0.6 is 0 Å². The normalized spacial score (nSPS) is 37.2.